The van der Waals surface area contributed by atoms with E-state index in [4.69, 9.17) is 10.5 Å². The van der Waals surface area contributed by atoms with Gasteiger partial charge in [-0.3, -0.25) is 0 Å². The molecule has 0 fully saturated rings. The predicted molar refractivity (Wildman–Crippen MR) is 70.0 cm³/mol. The summed E-state index contributed by atoms with van der Waals surface area (Å²) in [6.07, 6.45) is -4.60. The molecule has 2 aromatic carbocycles. The molecule has 0 spiro atoms. The summed E-state index contributed by atoms with van der Waals surface area (Å²) in [4.78, 5) is 0. The number of rotatable bonds is 2. The van der Waals surface area contributed by atoms with E-state index < -0.39 is 23.3 Å². The lowest BCUT2D eigenvalue weighted by molar-refractivity contribution is -0.138. The monoisotopic (exact) mass is 349 g/mol. The number of nitrogens with two attached hydrogens (primary N) is 1. The Labute approximate surface area is 120 Å². The lowest BCUT2D eigenvalue weighted by Crippen LogP contribution is -2.08. The number of ether oxygens (including phenoxy) is 1. The van der Waals surface area contributed by atoms with Crippen molar-refractivity contribution in [3.8, 4) is 11.5 Å². The molecule has 0 atom stereocenters. The summed E-state index contributed by atoms with van der Waals surface area (Å²) in [6, 6.07) is 6.76. The number of hydrogen-bond acceptors (Lipinski definition) is 2. The average Bonchev–Trinajstić information content (AvgIpc) is 2.35. The molecular weight excluding hydrogens is 342 g/mol. The van der Waals surface area contributed by atoms with E-state index in [-0.39, 0.29) is 15.9 Å². The van der Waals surface area contributed by atoms with Gasteiger partial charge in [0.15, 0.2) is 0 Å². The Kier molecular flexibility index (Phi) is 3.89. The molecule has 0 radical (unpaired) electrons. The maximum atomic E-state index is 13.1. The fourth-order valence-corrected chi connectivity index (χ4v) is 1.88. The Morgan fingerprint density at radius 3 is 2.35 bits per heavy atom. The van der Waals surface area contributed by atoms with Crippen molar-refractivity contribution in [2.24, 2.45) is 0 Å². The van der Waals surface area contributed by atoms with E-state index in [9.17, 15) is 17.6 Å². The van der Waals surface area contributed by atoms with Gasteiger partial charge >= 0.3 is 6.18 Å². The second-order valence-electron chi connectivity index (χ2n) is 3.93. The summed E-state index contributed by atoms with van der Waals surface area (Å²) in [5.41, 5.74) is 4.34. The number of hydrogen-bond donors (Lipinski definition) is 1. The van der Waals surface area contributed by atoms with Crippen LogP contribution in [0, 0.1) is 5.82 Å². The van der Waals surface area contributed by atoms with Gasteiger partial charge in [0.1, 0.15) is 22.9 Å². The highest BCUT2D eigenvalue weighted by Crippen LogP contribution is 2.39. The standard InChI is InChI=1S/C13H8BrF4NO/c14-10-6-8(2-3-11(10)15)20-12-4-1-7(19)5-9(12)13(16,17)18/h1-6H,19H2. The molecule has 0 bridgehead atoms. The minimum Gasteiger partial charge on any atom is -0.457 e. The number of nitrogen functional groups attached to an aromatic ring is 1. The maximum Gasteiger partial charge on any atom is 0.420 e. The SMILES string of the molecule is Nc1ccc(Oc2ccc(F)c(Br)c2)c(C(F)(F)F)c1. The van der Waals surface area contributed by atoms with Crippen molar-refractivity contribution in [2.75, 3.05) is 5.73 Å². The largest absolute Gasteiger partial charge is 0.457 e. The van der Waals surface area contributed by atoms with Gasteiger partial charge in [0.25, 0.3) is 0 Å². The fourth-order valence-electron chi connectivity index (χ4n) is 1.53. The summed E-state index contributed by atoms with van der Waals surface area (Å²) in [6.45, 7) is 0. The molecule has 0 aliphatic carbocycles. The predicted octanol–water partition coefficient (Wildman–Crippen LogP) is 4.98. The molecule has 2 aromatic rings. The van der Waals surface area contributed by atoms with Crippen LogP contribution in [-0.2, 0) is 6.18 Å². The zero-order valence-corrected chi connectivity index (χ0v) is 11.4. The Hall–Kier alpha value is -1.76. The van der Waals surface area contributed by atoms with Crippen LogP contribution in [0.4, 0.5) is 23.2 Å². The molecule has 2 N–H and O–H groups in total. The summed E-state index contributed by atoms with van der Waals surface area (Å²) in [5.74, 6) is -0.857. The maximum absolute atomic E-state index is 13.1. The smallest absolute Gasteiger partial charge is 0.420 e. The summed E-state index contributed by atoms with van der Waals surface area (Å²) < 4.78 is 56.9. The van der Waals surface area contributed by atoms with E-state index in [1.807, 2.05) is 0 Å². The third kappa shape index (κ3) is 3.22. The third-order valence-corrected chi connectivity index (χ3v) is 3.04. The zero-order valence-electron chi connectivity index (χ0n) is 9.84. The van der Waals surface area contributed by atoms with Gasteiger partial charge in [-0.15, -0.1) is 0 Å². The van der Waals surface area contributed by atoms with Crippen LogP contribution in [0.3, 0.4) is 0 Å². The van der Waals surface area contributed by atoms with Crippen molar-refractivity contribution in [2.45, 2.75) is 6.18 Å². The average molecular weight is 350 g/mol. The van der Waals surface area contributed by atoms with Gasteiger partial charge < -0.3 is 10.5 Å². The Morgan fingerprint density at radius 2 is 1.75 bits per heavy atom. The molecule has 0 saturated heterocycles. The van der Waals surface area contributed by atoms with E-state index in [0.717, 1.165) is 18.2 Å². The minimum absolute atomic E-state index is 0.0232. The minimum atomic E-state index is -4.60. The Morgan fingerprint density at radius 1 is 1.05 bits per heavy atom. The van der Waals surface area contributed by atoms with Gasteiger partial charge in [-0.05, 0) is 52.3 Å². The van der Waals surface area contributed by atoms with E-state index in [1.165, 1.54) is 18.2 Å². The van der Waals surface area contributed by atoms with Crippen LogP contribution in [0.25, 0.3) is 0 Å². The molecule has 0 aliphatic rings. The molecule has 0 heterocycles. The van der Waals surface area contributed by atoms with Crippen molar-refractivity contribution < 1.29 is 22.3 Å². The van der Waals surface area contributed by atoms with Gasteiger partial charge in [0.05, 0.1) is 4.47 Å². The molecule has 0 aliphatic heterocycles. The molecule has 0 unspecified atom stereocenters. The molecule has 0 saturated carbocycles. The summed E-state index contributed by atoms with van der Waals surface area (Å²) in [7, 11) is 0. The van der Waals surface area contributed by atoms with Crippen molar-refractivity contribution in [3.05, 3.63) is 52.3 Å². The van der Waals surface area contributed by atoms with Gasteiger partial charge in [-0.1, -0.05) is 0 Å². The first-order chi connectivity index (χ1) is 9.27. The van der Waals surface area contributed by atoms with Gasteiger partial charge in [-0.2, -0.15) is 13.2 Å². The molecule has 0 aromatic heterocycles. The lowest BCUT2D eigenvalue weighted by Gasteiger charge is -2.14. The van der Waals surface area contributed by atoms with Crippen LogP contribution in [0.1, 0.15) is 5.56 Å². The van der Waals surface area contributed by atoms with Crippen LogP contribution >= 0.6 is 15.9 Å². The number of anilines is 1. The second-order valence-corrected chi connectivity index (χ2v) is 4.79. The van der Waals surface area contributed by atoms with Crippen LogP contribution in [0.15, 0.2) is 40.9 Å². The summed E-state index contributed by atoms with van der Waals surface area (Å²) >= 11 is 2.93. The highest BCUT2D eigenvalue weighted by molar-refractivity contribution is 9.10. The van der Waals surface area contributed by atoms with Crippen molar-refractivity contribution in [1.29, 1.82) is 0 Å². The van der Waals surface area contributed by atoms with E-state index in [2.05, 4.69) is 15.9 Å². The van der Waals surface area contributed by atoms with Crippen molar-refractivity contribution >= 4 is 21.6 Å². The molecule has 2 rings (SSSR count). The zero-order chi connectivity index (χ0) is 14.9. The number of halogens is 5. The van der Waals surface area contributed by atoms with Crippen LogP contribution < -0.4 is 10.5 Å². The van der Waals surface area contributed by atoms with E-state index in [1.54, 1.807) is 0 Å². The molecular formula is C13H8BrF4NO. The van der Waals surface area contributed by atoms with Crippen molar-refractivity contribution in [3.63, 3.8) is 0 Å². The van der Waals surface area contributed by atoms with E-state index >= 15 is 0 Å². The first-order valence-electron chi connectivity index (χ1n) is 5.37. The topological polar surface area (TPSA) is 35.2 Å². The highest BCUT2D eigenvalue weighted by atomic mass is 79.9. The van der Waals surface area contributed by atoms with Gasteiger partial charge in [0, 0.05) is 5.69 Å². The Balaban J connectivity index is 2.40. The fraction of sp³-hybridized carbons (Fsp3) is 0.0769. The van der Waals surface area contributed by atoms with E-state index in [0.29, 0.717) is 0 Å². The molecule has 7 heteroatoms. The molecule has 106 valence electrons. The van der Waals surface area contributed by atoms with Crippen LogP contribution in [0.2, 0.25) is 0 Å². The third-order valence-electron chi connectivity index (χ3n) is 2.43. The van der Waals surface area contributed by atoms with Crippen LogP contribution in [-0.4, -0.2) is 0 Å². The second kappa shape index (κ2) is 5.32. The lowest BCUT2D eigenvalue weighted by atomic mass is 10.1. The highest BCUT2D eigenvalue weighted by Gasteiger charge is 2.34. The molecule has 2 nitrogen and oxygen atoms in total. The normalized spacial score (nSPS) is 11.4. The van der Waals surface area contributed by atoms with Crippen LogP contribution in [0.5, 0.6) is 11.5 Å². The van der Waals surface area contributed by atoms with Gasteiger partial charge in [-0.25, -0.2) is 4.39 Å². The first-order valence-corrected chi connectivity index (χ1v) is 6.16. The van der Waals surface area contributed by atoms with Crippen molar-refractivity contribution in [1.82, 2.24) is 0 Å². The molecule has 20 heavy (non-hydrogen) atoms. The van der Waals surface area contributed by atoms with Gasteiger partial charge in [0.2, 0.25) is 0 Å². The Bertz CT molecular complexity index is 643. The number of benzene rings is 2. The first kappa shape index (κ1) is 14.6. The number of alkyl halides is 3. The summed E-state index contributed by atoms with van der Waals surface area (Å²) in [5, 5.41) is 0. The quantitative estimate of drug-likeness (QED) is 0.612. The molecule has 0 amide bonds.